The molecule has 3 rings (SSSR count). The Labute approximate surface area is 148 Å². The Morgan fingerprint density at radius 1 is 1.28 bits per heavy atom. The molecule has 1 saturated heterocycles. The number of aryl methyl sites for hydroxylation is 1. The number of benzene rings is 1. The van der Waals surface area contributed by atoms with Gasteiger partial charge in [0.2, 0.25) is 5.88 Å². The molecule has 0 spiro atoms. The number of morpholine rings is 1. The second-order valence-electron chi connectivity index (χ2n) is 5.87. The lowest BCUT2D eigenvalue weighted by Gasteiger charge is -2.29. The third kappa shape index (κ3) is 4.93. The summed E-state index contributed by atoms with van der Waals surface area (Å²) < 4.78 is 11.0. The maximum absolute atomic E-state index is 5.60. The molecule has 25 heavy (non-hydrogen) atoms. The van der Waals surface area contributed by atoms with Gasteiger partial charge in [0, 0.05) is 30.9 Å². The maximum atomic E-state index is 5.60. The van der Waals surface area contributed by atoms with Crippen molar-refractivity contribution in [3.8, 4) is 5.88 Å². The van der Waals surface area contributed by atoms with E-state index >= 15 is 0 Å². The fourth-order valence-electron chi connectivity index (χ4n) is 2.70. The third-order valence-electron chi connectivity index (χ3n) is 3.89. The number of aromatic nitrogens is 1. The van der Waals surface area contributed by atoms with E-state index in [4.69, 9.17) is 9.47 Å². The molecule has 0 atom stereocenters. The normalized spacial score (nSPS) is 14.7. The lowest BCUT2D eigenvalue weighted by Crippen LogP contribution is -2.36. The van der Waals surface area contributed by atoms with E-state index in [-0.39, 0.29) is 0 Å². The van der Waals surface area contributed by atoms with Crippen LogP contribution in [-0.2, 0) is 4.74 Å². The Bertz CT molecular complexity index is 727. The molecule has 1 N–H and O–H groups in total. The Morgan fingerprint density at radius 3 is 2.88 bits per heavy atom. The van der Waals surface area contributed by atoms with Crippen LogP contribution >= 0.6 is 0 Å². The van der Waals surface area contributed by atoms with E-state index in [1.165, 1.54) is 5.56 Å². The van der Waals surface area contributed by atoms with E-state index in [1.54, 1.807) is 6.21 Å². The molecule has 0 bridgehead atoms. The van der Waals surface area contributed by atoms with Gasteiger partial charge in [-0.1, -0.05) is 29.8 Å². The first kappa shape index (κ1) is 17.2. The summed E-state index contributed by atoms with van der Waals surface area (Å²) in [5.41, 5.74) is 6.32. The molecule has 0 unspecified atom stereocenters. The van der Waals surface area contributed by atoms with Crippen LogP contribution in [0.4, 0.5) is 11.5 Å². The second-order valence-corrected chi connectivity index (χ2v) is 5.87. The van der Waals surface area contributed by atoms with Crippen LogP contribution in [0.25, 0.3) is 0 Å². The number of nitrogens with one attached hydrogen (secondary N) is 1. The zero-order chi connectivity index (χ0) is 17.5. The van der Waals surface area contributed by atoms with Gasteiger partial charge in [-0.05, 0) is 19.4 Å². The molecule has 132 valence electrons. The van der Waals surface area contributed by atoms with E-state index in [9.17, 15) is 0 Å². The number of ether oxygens (including phenoxy) is 2. The van der Waals surface area contributed by atoms with Gasteiger partial charge in [-0.2, -0.15) is 10.1 Å². The fraction of sp³-hybridized carbons (Fsp3) is 0.368. The molecular weight excluding hydrogens is 316 g/mol. The van der Waals surface area contributed by atoms with Crippen molar-refractivity contribution in [2.24, 2.45) is 5.10 Å². The molecule has 0 saturated carbocycles. The first-order valence-electron chi connectivity index (χ1n) is 8.58. The Morgan fingerprint density at radius 2 is 2.12 bits per heavy atom. The van der Waals surface area contributed by atoms with Gasteiger partial charge in [-0.25, -0.2) is 0 Å². The number of hydrogen-bond donors (Lipinski definition) is 1. The van der Waals surface area contributed by atoms with Crippen molar-refractivity contribution in [3.05, 3.63) is 47.5 Å². The minimum absolute atomic E-state index is 0.575. The minimum Gasteiger partial charge on any atom is -0.478 e. The van der Waals surface area contributed by atoms with Gasteiger partial charge in [-0.3, -0.25) is 5.43 Å². The summed E-state index contributed by atoms with van der Waals surface area (Å²) in [5.74, 6) is 1.26. The topological polar surface area (TPSA) is 59.0 Å². The average Bonchev–Trinajstić information content (AvgIpc) is 2.63. The van der Waals surface area contributed by atoms with Crippen LogP contribution in [0, 0.1) is 6.92 Å². The van der Waals surface area contributed by atoms with Crippen molar-refractivity contribution in [2.75, 3.05) is 43.2 Å². The van der Waals surface area contributed by atoms with E-state index in [0.29, 0.717) is 18.3 Å². The molecule has 2 heterocycles. The lowest BCUT2D eigenvalue weighted by atomic mass is 10.2. The molecule has 1 fully saturated rings. The molecule has 1 aromatic carbocycles. The zero-order valence-electron chi connectivity index (χ0n) is 14.7. The van der Waals surface area contributed by atoms with Crippen molar-refractivity contribution in [1.29, 1.82) is 0 Å². The summed E-state index contributed by atoms with van der Waals surface area (Å²) in [6.07, 6.45) is 1.79. The van der Waals surface area contributed by atoms with Gasteiger partial charge in [0.05, 0.1) is 26.0 Å². The molecule has 0 radical (unpaired) electrons. The summed E-state index contributed by atoms with van der Waals surface area (Å²) in [6.45, 7) is 7.79. The number of rotatable bonds is 6. The van der Waals surface area contributed by atoms with Crippen LogP contribution in [0.5, 0.6) is 5.88 Å². The van der Waals surface area contributed by atoms with Crippen molar-refractivity contribution in [1.82, 2.24) is 4.98 Å². The fourth-order valence-corrected chi connectivity index (χ4v) is 2.70. The molecule has 0 amide bonds. The summed E-state index contributed by atoms with van der Waals surface area (Å²) in [6, 6.07) is 12.1. The van der Waals surface area contributed by atoms with Gasteiger partial charge < -0.3 is 14.4 Å². The van der Waals surface area contributed by atoms with Gasteiger partial charge >= 0.3 is 0 Å². The standard InChI is InChI=1S/C19H24N4O2/c1-3-25-19-13-17(23-7-9-24-10-8-23)12-18(21-19)22-20-14-16-6-4-5-15(2)11-16/h4-6,11-14H,3,7-10H2,1-2H3,(H,21,22). The van der Waals surface area contributed by atoms with Crippen LogP contribution in [0.1, 0.15) is 18.1 Å². The highest BCUT2D eigenvalue weighted by atomic mass is 16.5. The molecule has 1 aromatic heterocycles. The molecule has 6 nitrogen and oxygen atoms in total. The van der Waals surface area contributed by atoms with Crippen LogP contribution < -0.4 is 15.1 Å². The average molecular weight is 340 g/mol. The summed E-state index contributed by atoms with van der Waals surface area (Å²) >= 11 is 0. The number of anilines is 2. The van der Waals surface area contributed by atoms with Gasteiger partial charge in [0.25, 0.3) is 0 Å². The number of hydrazone groups is 1. The highest BCUT2D eigenvalue weighted by molar-refractivity contribution is 5.80. The van der Waals surface area contributed by atoms with Crippen LogP contribution in [0.15, 0.2) is 41.5 Å². The van der Waals surface area contributed by atoms with Gasteiger partial charge in [0.1, 0.15) is 0 Å². The molecule has 6 heteroatoms. The zero-order valence-corrected chi connectivity index (χ0v) is 14.7. The Kier molecular flexibility index (Phi) is 5.85. The van der Waals surface area contributed by atoms with Crippen molar-refractivity contribution in [3.63, 3.8) is 0 Å². The molecular formula is C19H24N4O2. The number of hydrogen-bond acceptors (Lipinski definition) is 6. The van der Waals surface area contributed by atoms with Crippen LogP contribution in [-0.4, -0.2) is 44.1 Å². The highest BCUT2D eigenvalue weighted by Crippen LogP contribution is 2.24. The maximum Gasteiger partial charge on any atom is 0.217 e. The van der Waals surface area contributed by atoms with E-state index in [0.717, 1.165) is 37.6 Å². The number of pyridine rings is 1. The molecule has 0 aliphatic carbocycles. The summed E-state index contributed by atoms with van der Waals surface area (Å²) in [7, 11) is 0. The lowest BCUT2D eigenvalue weighted by molar-refractivity contribution is 0.122. The van der Waals surface area contributed by atoms with Crippen LogP contribution in [0.2, 0.25) is 0 Å². The van der Waals surface area contributed by atoms with Gasteiger partial charge in [-0.15, -0.1) is 0 Å². The first-order chi connectivity index (χ1) is 12.2. The quantitative estimate of drug-likeness (QED) is 0.647. The monoisotopic (exact) mass is 340 g/mol. The van der Waals surface area contributed by atoms with Crippen molar-refractivity contribution < 1.29 is 9.47 Å². The third-order valence-corrected chi connectivity index (χ3v) is 3.89. The van der Waals surface area contributed by atoms with Crippen molar-refractivity contribution >= 4 is 17.7 Å². The van der Waals surface area contributed by atoms with E-state index < -0.39 is 0 Å². The van der Waals surface area contributed by atoms with Crippen molar-refractivity contribution in [2.45, 2.75) is 13.8 Å². The predicted molar refractivity (Wildman–Crippen MR) is 101 cm³/mol. The smallest absolute Gasteiger partial charge is 0.217 e. The van der Waals surface area contributed by atoms with E-state index in [1.807, 2.05) is 31.2 Å². The summed E-state index contributed by atoms with van der Waals surface area (Å²) in [4.78, 5) is 6.73. The summed E-state index contributed by atoms with van der Waals surface area (Å²) in [5, 5.41) is 4.30. The molecule has 2 aromatic rings. The predicted octanol–water partition coefficient (Wildman–Crippen LogP) is 3.07. The molecule has 1 aliphatic heterocycles. The highest BCUT2D eigenvalue weighted by Gasteiger charge is 2.14. The Balaban J connectivity index is 1.75. The van der Waals surface area contributed by atoms with Gasteiger partial charge in [0.15, 0.2) is 5.82 Å². The largest absolute Gasteiger partial charge is 0.478 e. The SMILES string of the molecule is CCOc1cc(N2CCOCC2)cc(NN=Cc2cccc(C)c2)n1. The second kappa shape index (κ2) is 8.48. The Hall–Kier alpha value is -2.60. The molecule has 1 aliphatic rings. The first-order valence-corrected chi connectivity index (χ1v) is 8.58. The van der Waals surface area contributed by atoms with Crippen LogP contribution in [0.3, 0.4) is 0 Å². The minimum atomic E-state index is 0.575. The number of nitrogens with zero attached hydrogens (tertiary/aromatic N) is 3. The van der Waals surface area contributed by atoms with E-state index in [2.05, 4.69) is 39.5 Å².